The van der Waals surface area contributed by atoms with Gasteiger partial charge in [0.15, 0.2) is 5.79 Å². The van der Waals surface area contributed by atoms with Gasteiger partial charge in [0.05, 0.1) is 13.2 Å². The summed E-state index contributed by atoms with van der Waals surface area (Å²) in [6, 6.07) is 22.6. The summed E-state index contributed by atoms with van der Waals surface area (Å²) in [4.78, 5) is 25.4. The summed E-state index contributed by atoms with van der Waals surface area (Å²) in [5.74, 6) is -1.19. The molecule has 3 aromatic carbocycles. The molecule has 3 aromatic rings. The maximum Gasteiger partial charge on any atom is 0.251 e. The first-order chi connectivity index (χ1) is 16.4. The van der Waals surface area contributed by atoms with Crippen molar-refractivity contribution in [1.82, 2.24) is 10.6 Å². The van der Waals surface area contributed by atoms with Crippen LogP contribution in [0.1, 0.15) is 34.6 Å². The van der Waals surface area contributed by atoms with Gasteiger partial charge >= 0.3 is 0 Å². The van der Waals surface area contributed by atoms with Gasteiger partial charge in [0.2, 0.25) is 0 Å². The second-order valence-electron chi connectivity index (χ2n) is 9.28. The highest BCUT2D eigenvalue weighted by molar-refractivity contribution is 5.98. The van der Waals surface area contributed by atoms with E-state index in [1.165, 1.54) is 0 Å². The van der Waals surface area contributed by atoms with Crippen LogP contribution in [0.5, 0.6) is 0 Å². The van der Waals surface area contributed by atoms with Gasteiger partial charge in [-0.15, -0.1) is 0 Å². The third-order valence-electron chi connectivity index (χ3n) is 6.32. The zero-order valence-electron chi connectivity index (χ0n) is 19.2. The highest BCUT2D eigenvalue weighted by atomic mass is 16.8. The fourth-order valence-corrected chi connectivity index (χ4v) is 4.75. The van der Waals surface area contributed by atoms with Crippen LogP contribution in [0.4, 0.5) is 0 Å². The number of fused-ring (bicyclic) bond motifs is 2. The van der Waals surface area contributed by atoms with Crippen molar-refractivity contribution in [2.45, 2.75) is 37.4 Å². The first kappa shape index (κ1) is 22.5. The Morgan fingerprint density at radius 3 is 2.38 bits per heavy atom. The van der Waals surface area contributed by atoms with Gasteiger partial charge in [-0.2, -0.15) is 0 Å². The normalized spacial score (nSPS) is 25.1. The third-order valence-corrected chi connectivity index (χ3v) is 6.32. The molecule has 0 aliphatic carbocycles. The van der Waals surface area contributed by atoms with Crippen LogP contribution >= 0.6 is 0 Å². The van der Waals surface area contributed by atoms with E-state index >= 15 is 0 Å². The molecule has 2 N–H and O–H groups in total. The molecular formula is C27H28N2O5. The number of amides is 2. The molecule has 2 fully saturated rings. The van der Waals surface area contributed by atoms with Crippen LogP contribution in [0.15, 0.2) is 72.8 Å². The van der Waals surface area contributed by atoms with Crippen LogP contribution in [-0.2, 0) is 14.2 Å². The minimum absolute atomic E-state index is 0.178. The fourth-order valence-electron chi connectivity index (χ4n) is 4.75. The lowest BCUT2D eigenvalue weighted by atomic mass is 9.96. The summed E-state index contributed by atoms with van der Waals surface area (Å²) in [5, 5.41) is 8.02. The summed E-state index contributed by atoms with van der Waals surface area (Å²) in [5.41, 5.74) is 0.334. The average molecular weight is 461 g/mol. The summed E-state index contributed by atoms with van der Waals surface area (Å²) >= 11 is 0. The molecule has 176 valence electrons. The monoisotopic (exact) mass is 460 g/mol. The molecule has 0 aromatic heterocycles. The Morgan fingerprint density at radius 2 is 1.59 bits per heavy atom. The van der Waals surface area contributed by atoms with Crippen molar-refractivity contribution in [3.05, 3.63) is 83.9 Å². The molecule has 2 amide bonds. The topological polar surface area (TPSA) is 85.9 Å². The molecule has 5 rings (SSSR count). The van der Waals surface area contributed by atoms with Crippen LogP contribution in [0.2, 0.25) is 0 Å². The minimum Gasteiger partial charge on any atom is -0.370 e. The van der Waals surface area contributed by atoms with Gasteiger partial charge in [-0.1, -0.05) is 48.5 Å². The molecule has 7 nitrogen and oxygen atoms in total. The van der Waals surface area contributed by atoms with Crippen LogP contribution < -0.4 is 10.6 Å². The Balaban J connectivity index is 1.25. The van der Waals surface area contributed by atoms with Crippen molar-refractivity contribution < 1.29 is 23.8 Å². The number of carbonyl (C=O) groups is 2. The van der Waals surface area contributed by atoms with E-state index in [2.05, 4.69) is 10.6 Å². The van der Waals surface area contributed by atoms with Gasteiger partial charge in [0.1, 0.15) is 17.8 Å². The van der Waals surface area contributed by atoms with Gasteiger partial charge in [-0.25, -0.2) is 0 Å². The van der Waals surface area contributed by atoms with Crippen LogP contribution in [-0.4, -0.2) is 55.1 Å². The van der Waals surface area contributed by atoms with E-state index < -0.39 is 23.6 Å². The highest BCUT2D eigenvalue weighted by Crippen LogP contribution is 2.43. The van der Waals surface area contributed by atoms with Crippen molar-refractivity contribution in [3.63, 3.8) is 0 Å². The molecular weight excluding hydrogens is 432 g/mol. The van der Waals surface area contributed by atoms with E-state index in [0.717, 1.165) is 10.8 Å². The number of ether oxygens (including phenoxy) is 3. The molecule has 2 aliphatic heterocycles. The van der Waals surface area contributed by atoms with Gasteiger partial charge in [-0.05, 0) is 48.9 Å². The largest absolute Gasteiger partial charge is 0.370 e. The summed E-state index contributed by atoms with van der Waals surface area (Å²) in [6.07, 6.45) is -0.838. The molecule has 0 unspecified atom stereocenters. The molecule has 7 heteroatoms. The number of hydrogen-bond donors (Lipinski definition) is 2. The predicted molar refractivity (Wildman–Crippen MR) is 128 cm³/mol. The quantitative estimate of drug-likeness (QED) is 0.590. The fraction of sp³-hybridized carbons (Fsp3) is 0.333. The molecule has 34 heavy (non-hydrogen) atoms. The maximum absolute atomic E-state index is 12.8. The zero-order chi connectivity index (χ0) is 23.8. The molecule has 0 bridgehead atoms. The third kappa shape index (κ3) is 4.42. The first-order valence-electron chi connectivity index (χ1n) is 11.5. The summed E-state index contributed by atoms with van der Waals surface area (Å²) in [7, 11) is 0. The number of carbonyl (C=O) groups excluding carboxylic acids is 2. The van der Waals surface area contributed by atoms with E-state index in [-0.39, 0.29) is 31.5 Å². The Kier molecular flexibility index (Phi) is 5.85. The van der Waals surface area contributed by atoms with E-state index in [1.54, 1.807) is 12.1 Å². The van der Waals surface area contributed by atoms with Gasteiger partial charge in [0, 0.05) is 17.7 Å². The molecule has 0 saturated carbocycles. The molecule has 3 atom stereocenters. The molecule has 0 radical (unpaired) electrons. The summed E-state index contributed by atoms with van der Waals surface area (Å²) in [6.45, 7) is 4.45. The Bertz CT molecular complexity index is 1210. The van der Waals surface area contributed by atoms with Gasteiger partial charge in [0.25, 0.3) is 11.8 Å². The minimum atomic E-state index is -0.827. The number of benzene rings is 3. The van der Waals surface area contributed by atoms with E-state index in [1.807, 2.05) is 74.5 Å². The Hall–Kier alpha value is -3.26. The van der Waals surface area contributed by atoms with Crippen LogP contribution in [0, 0.1) is 0 Å². The summed E-state index contributed by atoms with van der Waals surface area (Å²) < 4.78 is 18.4. The van der Waals surface area contributed by atoms with Crippen molar-refractivity contribution in [2.75, 3.05) is 19.7 Å². The number of rotatable bonds is 6. The van der Waals surface area contributed by atoms with Crippen LogP contribution in [0.3, 0.4) is 0 Å². The predicted octanol–water partition coefficient (Wildman–Crippen LogP) is 3.29. The standard InChI is InChI=1S/C27H28N2O5/c1-26(2)33-23-22(15-28-25(31)21-13-12-18-8-6-7-11-20(18)14-21)32-17-27(23,34-26)16-29-24(30)19-9-4-3-5-10-19/h3-14,22-23H,15-17H2,1-2H3,(H,28,31)(H,29,30)/t22-,23-,27+/m1/s1. The molecule has 2 heterocycles. The Morgan fingerprint density at radius 1 is 0.882 bits per heavy atom. The highest BCUT2D eigenvalue weighted by Gasteiger charge is 2.61. The number of hydrogen-bond acceptors (Lipinski definition) is 5. The first-order valence-corrected chi connectivity index (χ1v) is 11.5. The van der Waals surface area contributed by atoms with Crippen molar-refractivity contribution in [2.24, 2.45) is 0 Å². The van der Waals surface area contributed by atoms with E-state index in [4.69, 9.17) is 14.2 Å². The second-order valence-corrected chi connectivity index (χ2v) is 9.28. The lowest BCUT2D eigenvalue weighted by molar-refractivity contribution is -0.188. The van der Waals surface area contributed by atoms with Crippen molar-refractivity contribution in [3.8, 4) is 0 Å². The molecule has 0 spiro atoms. The number of nitrogens with one attached hydrogen (secondary N) is 2. The second kappa shape index (κ2) is 8.83. The van der Waals surface area contributed by atoms with Gasteiger partial charge in [-0.3, -0.25) is 9.59 Å². The molecule has 2 saturated heterocycles. The lowest BCUT2D eigenvalue weighted by Crippen LogP contribution is -2.52. The maximum atomic E-state index is 12.8. The molecule has 2 aliphatic rings. The van der Waals surface area contributed by atoms with Crippen molar-refractivity contribution in [1.29, 1.82) is 0 Å². The Labute approximate surface area is 198 Å². The van der Waals surface area contributed by atoms with Gasteiger partial charge < -0.3 is 24.8 Å². The van der Waals surface area contributed by atoms with Crippen molar-refractivity contribution >= 4 is 22.6 Å². The average Bonchev–Trinajstić information content (AvgIpc) is 3.31. The SMILES string of the molecule is CC1(C)O[C@@H]2[C@@H](CNC(=O)c3ccc4ccccc4c3)OC[C@]2(CNC(=O)c2ccccc2)O1. The van der Waals surface area contributed by atoms with E-state index in [9.17, 15) is 9.59 Å². The van der Waals surface area contributed by atoms with E-state index in [0.29, 0.717) is 11.1 Å². The zero-order valence-corrected chi connectivity index (χ0v) is 19.2. The van der Waals surface area contributed by atoms with Crippen LogP contribution in [0.25, 0.3) is 10.8 Å². The lowest BCUT2D eigenvalue weighted by Gasteiger charge is -2.27. The smallest absolute Gasteiger partial charge is 0.251 e.